The number of nitro benzene ring substituents is 1. The predicted octanol–water partition coefficient (Wildman–Crippen LogP) is 1.29. The summed E-state index contributed by atoms with van der Waals surface area (Å²) in [6, 6.07) is 6.52. The van der Waals surface area contributed by atoms with Gasteiger partial charge in [-0.2, -0.15) is 0 Å². The van der Waals surface area contributed by atoms with Crippen LogP contribution in [0.15, 0.2) is 24.3 Å². The third-order valence-electron chi connectivity index (χ3n) is 3.46. The predicted molar refractivity (Wildman–Crippen MR) is 70.3 cm³/mol. The molecule has 19 heavy (non-hydrogen) atoms. The van der Waals surface area contributed by atoms with Gasteiger partial charge < -0.3 is 5.73 Å². The number of hydrogen-bond donors (Lipinski definition) is 1. The summed E-state index contributed by atoms with van der Waals surface area (Å²) in [5.41, 5.74) is 6.44. The van der Waals surface area contributed by atoms with Crippen LogP contribution in [0.1, 0.15) is 18.4 Å². The smallest absolute Gasteiger partial charge is 0.269 e. The van der Waals surface area contributed by atoms with Gasteiger partial charge in [0, 0.05) is 25.2 Å². The fourth-order valence-corrected chi connectivity index (χ4v) is 2.41. The van der Waals surface area contributed by atoms with Gasteiger partial charge in [-0.15, -0.1) is 0 Å². The van der Waals surface area contributed by atoms with E-state index in [-0.39, 0.29) is 17.5 Å². The maximum atomic E-state index is 11.2. The molecule has 0 bridgehead atoms. The molecule has 1 amide bonds. The minimum atomic E-state index is -0.409. The molecule has 1 aliphatic heterocycles. The Morgan fingerprint density at radius 3 is 2.68 bits per heavy atom. The van der Waals surface area contributed by atoms with Gasteiger partial charge in [-0.1, -0.05) is 12.1 Å². The third-order valence-corrected chi connectivity index (χ3v) is 3.46. The first-order valence-corrected chi connectivity index (χ1v) is 6.31. The summed E-state index contributed by atoms with van der Waals surface area (Å²) in [7, 11) is 0. The Morgan fingerprint density at radius 1 is 1.42 bits per heavy atom. The molecular weight excluding hydrogens is 246 g/mol. The van der Waals surface area contributed by atoms with Crippen molar-refractivity contribution in [2.45, 2.75) is 19.4 Å². The number of benzene rings is 1. The van der Waals surface area contributed by atoms with Crippen molar-refractivity contribution in [3.8, 4) is 0 Å². The zero-order valence-corrected chi connectivity index (χ0v) is 10.6. The van der Waals surface area contributed by atoms with Crippen molar-refractivity contribution >= 4 is 11.6 Å². The Bertz CT molecular complexity index is 473. The second kappa shape index (κ2) is 5.79. The number of carbonyl (C=O) groups is 1. The zero-order valence-electron chi connectivity index (χ0n) is 10.6. The molecular formula is C13H17N3O3. The number of nitrogens with zero attached hydrogens (tertiary/aromatic N) is 2. The van der Waals surface area contributed by atoms with E-state index in [1.807, 2.05) is 0 Å². The Kier molecular flexibility index (Phi) is 4.11. The summed E-state index contributed by atoms with van der Waals surface area (Å²) in [6.07, 6.45) is 1.81. The van der Waals surface area contributed by atoms with Crippen molar-refractivity contribution in [2.75, 3.05) is 13.1 Å². The minimum Gasteiger partial charge on any atom is -0.369 e. The molecule has 1 atom stereocenters. The topological polar surface area (TPSA) is 89.5 Å². The number of amides is 1. The fourth-order valence-electron chi connectivity index (χ4n) is 2.41. The average Bonchev–Trinajstić information content (AvgIpc) is 2.39. The summed E-state index contributed by atoms with van der Waals surface area (Å²) in [5, 5.41) is 10.6. The van der Waals surface area contributed by atoms with Gasteiger partial charge in [-0.3, -0.25) is 19.8 Å². The largest absolute Gasteiger partial charge is 0.369 e. The summed E-state index contributed by atoms with van der Waals surface area (Å²) < 4.78 is 0. The minimum absolute atomic E-state index is 0.0770. The molecule has 0 aliphatic carbocycles. The number of likely N-dealkylation sites (tertiary alicyclic amines) is 1. The SMILES string of the molecule is NC(=O)C1CCCN(Cc2ccc([N+](=O)[O-])cc2)C1. The van der Waals surface area contributed by atoms with Crippen molar-refractivity contribution in [3.63, 3.8) is 0 Å². The summed E-state index contributed by atoms with van der Waals surface area (Å²) in [5.74, 6) is -0.319. The van der Waals surface area contributed by atoms with Gasteiger partial charge in [0.15, 0.2) is 0 Å². The average molecular weight is 263 g/mol. The normalized spacial score (nSPS) is 20.1. The van der Waals surface area contributed by atoms with E-state index < -0.39 is 4.92 Å². The second-order valence-corrected chi connectivity index (χ2v) is 4.90. The highest BCUT2D eigenvalue weighted by molar-refractivity contribution is 5.76. The van der Waals surface area contributed by atoms with Gasteiger partial charge >= 0.3 is 0 Å². The van der Waals surface area contributed by atoms with E-state index in [9.17, 15) is 14.9 Å². The first-order chi connectivity index (χ1) is 9.06. The van der Waals surface area contributed by atoms with Gasteiger partial charge in [-0.25, -0.2) is 0 Å². The monoisotopic (exact) mass is 263 g/mol. The summed E-state index contributed by atoms with van der Waals surface area (Å²) in [6.45, 7) is 2.30. The summed E-state index contributed by atoms with van der Waals surface area (Å²) >= 11 is 0. The first-order valence-electron chi connectivity index (χ1n) is 6.31. The Labute approximate surface area is 111 Å². The number of piperidine rings is 1. The zero-order chi connectivity index (χ0) is 13.8. The van der Waals surface area contributed by atoms with Crippen LogP contribution in [0.4, 0.5) is 5.69 Å². The number of nitrogens with two attached hydrogens (primary N) is 1. The molecule has 0 saturated carbocycles. The molecule has 6 heteroatoms. The van der Waals surface area contributed by atoms with Crippen molar-refractivity contribution in [1.82, 2.24) is 4.90 Å². The lowest BCUT2D eigenvalue weighted by Gasteiger charge is -2.31. The highest BCUT2D eigenvalue weighted by Gasteiger charge is 2.23. The molecule has 1 aliphatic rings. The number of carbonyl (C=O) groups excluding carboxylic acids is 1. The van der Waals surface area contributed by atoms with Crippen molar-refractivity contribution in [1.29, 1.82) is 0 Å². The third kappa shape index (κ3) is 3.51. The van der Waals surface area contributed by atoms with E-state index in [1.165, 1.54) is 12.1 Å². The van der Waals surface area contributed by atoms with Gasteiger partial charge in [0.05, 0.1) is 10.8 Å². The Balaban J connectivity index is 1.96. The van der Waals surface area contributed by atoms with Crippen molar-refractivity contribution in [3.05, 3.63) is 39.9 Å². The van der Waals surface area contributed by atoms with Crippen LogP contribution in [0.5, 0.6) is 0 Å². The lowest BCUT2D eigenvalue weighted by Crippen LogP contribution is -2.40. The Hall–Kier alpha value is -1.95. The van der Waals surface area contributed by atoms with E-state index in [2.05, 4.69) is 4.90 Å². The van der Waals surface area contributed by atoms with Crippen LogP contribution in [0.3, 0.4) is 0 Å². The molecule has 1 heterocycles. The first kappa shape index (κ1) is 13.5. The van der Waals surface area contributed by atoms with Crippen molar-refractivity contribution in [2.24, 2.45) is 11.7 Å². The number of nitro groups is 1. The van der Waals surface area contributed by atoms with E-state index in [1.54, 1.807) is 12.1 Å². The molecule has 1 fully saturated rings. The van der Waals surface area contributed by atoms with Crippen LogP contribution in [0.2, 0.25) is 0 Å². The van der Waals surface area contributed by atoms with Gasteiger partial charge in [0.2, 0.25) is 5.91 Å². The van der Waals surface area contributed by atoms with E-state index in [0.29, 0.717) is 13.1 Å². The van der Waals surface area contributed by atoms with Crippen molar-refractivity contribution < 1.29 is 9.72 Å². The summed E-state index contributed by atoms with van der Waals surface area (Å²) in [4.78, 5) is 23.5. The van der Waals surface area contributed by atoms with E-state index in [4.69, 9.17) is 5.73 Å². The van der Waals surface area contributed by atoms with Crippen LogP contribution in [0, 0.1) is 16.0 Å². The quantitative estimate of drug-likeness (QED) is 0.654. The van der Waals surface area contributed by atoms with Crippen LogP contribution >= 0.6 is 0 Å². The molecule has 1 aromatic rings. The lowest BCUT2D eigenvalue weighted by atomic mass is 9.97. The molecule has 1 unspecified atom stereocenters. The Morgan fingerprint density at radius 2 is 2.11 bits per heavy atom. The highest BCUT2D eigenvalue weighted by atomic mass is 16.6. The number of non-ortho nitro benzene ring substituents is 1. The van der Waals surface area contributed by atoms with Crippen LogP contribution in [-0.4, -0.2) is 28.8 Å². The molecule has 0 aromatic heterocycles. The lowest BCUT2D eigenvalue weighted by molar-refractivity contribution is -0.384. The molecule has 1 saturated heterocycles. The van der Waals surface area contributed by atoms with Crippen LogP contribution < -0.4 is 5.73 Å². The highest BCUT2D eigenvalue weighted by Crippen LogP contribution is 2.19. The maximum absolute atomic E-state index is 11.2. The number of hydrogen-bond acceptors (Lipinski definition) is 4. The molecule has 0 spiro atoms. The number of primary amides is 1. The molecule has 2 rings (SSSR count). The maximum Gasteiger partial charge on any atom is 0.269 e. The van der Waals surface area contributed by atoms with Gasteiger partial charge in [0.1, 0.15) is 0 Å². The van der Waals surface area contributed by atoms with Crippen LogP contribution in [-0.2, 0) is 11.3 Å². The van der Waals surface area contributed by atoms with Gasteiger partial charge in [-0.05, 0) is 24.9 Å². The molecule has 0 radical (unpaired) electrons. The van der Waals surface area contributed by atoms with Crippen LogP contribution in [0.25, 0.3) is 0 Å². The number of rotatable bonds is 4. The molecule has 1 aromatic carbocycles. The van der Waals surface area contributed by atoms with E-state index in [0.717, 1.165) is 24.9 Å². The van der Waals surface area contributed by atoms with Gasteiger partial charge in [0.25, 0.3) is 5.69 Å². The van der Waals surface area contributed by atoms with E-state index >= 15 is 0 Å². The molecule has 2 N–H and O–H groups in total. The second-order valence-electron chi connectivity index (χ2n) is 4.90. The standard InChI is InChI=1S/C13H17N3O3/c14-13(17)11-2-1-7-15(9-11)8-10-3-5-12(6-4-10)16(18)19/h3-6,11H,1-2,7-9H2,(H2,14,17). The fraction of sp³-hybridized carbons (Fsp3) is 0.462. The molecule has 6 nitrogen and oxygen atoms in total. The molecule has 102 valence electrons.